The molecule has 0 aliphatic heterocycles. The first-order chi connectivity index (χ1) is 7.52. The lowest BCUT2D eigenvalue weighted by Crippen LogP contribution is -2.21. The Morgan fingerprint density at radius 3 is 2.81 bits per heavy atom. The number of pyridine rings is 1. The number of hydrogen-bond donors (Lipinski definition) is 3. The number of anilines is 2. The van der Waals surface area contributed by atoms with Gasteiger partial charge in [-0.05, 0) is 32.4 Å². The van der Waals surface area contributed by atoms with Crippen LogP contribution in [0.25, 0.3) is 0 Å². The van der Waals surface area contributed by atoms with E-state index in [2.05, 4.69) is 10.3 Å². The molecule has 0 saturated heterocycles. The topological polar surface area (TPSA) is 95.0 Å². The van der Waals surface area contributed by atoms with Gasteiger partial charge in [-0.15, -0.1) is 0 Å². The van der Waals surface area contributed by atoms with Crippen molar-refractivity contribution < 1.29 is 5.11 Å². The maximum absolute atomic E-state index is 9.21. The molecule has 0 aromatic carbocycles. The monoisotopic (exact) mass is 220 g/mol. The van der Waals surface area contributed by atoms with Crippen LogP contribution in [-0.4, -0.2) is 22.2 Å². The summed E-state index contributed by atoms with van der Waals surface area (Å²) in [4.78, 5) is 4.06. The lowest BCUT2D eigenvalue weighted by Gasteiger charge is -2.16. The molecule has 5 nitrogen and oxygen atoms in total. The van der Waals surface area contributed by atoms with E-state index in [1.807, 2.05) is 13.0 Å². The number of nitrogens with one attached hydrogen (secondary N) is 1. The second kappa shape index (κ2) is 5.33. The van der Waals surface area contributed by atoms with Gasteiger partial charge < -0.3 is 16.2 Å². The van der Waals surface area contributed by atoms with E-state index in [9.17, 15) is 5.11 Å². The van der Waals surface area contributed by atoms with Gasteiger partial charge in [0.2, 0.25) is 0 Å². The molecule has 0 saturated carbocycles. The molecule has 1 rings (SSSR count). The summed E-state index contributed by atoms with van der Waals surface area (Å²) in [6, 6.07) is 5.37. The number of nitrogen functional groups attached to an aromatic ring is 1. The number of aliphatic hydroxyl groups excluding tert-OH is 1. The fourth-order valence-corrected chi connectivity index (χ4v) is 1.46. The Kier molecular flexibility index (Phi) is 4.09. The predicted molar refractivity (Wildman–Crippen MR) is 62.7 cm³/mol. The Morgan fingerprint density at radius 2 is 2.25 bits per heavy atom. The largest absolute Gasteiger partial charge is 0.396 e. The van der Waals surface area contributed by atoms with Gasteiger partial charge in [0, 0.05) is 6.04 Å². The molecule has 1 aromatic heterocycles. The maximum Gasteiger partial charge on any atom is 0.165 e. The van der Waals surface area contributed by atoms with E-state index in [0.29, 0.717) is 17.9 Å². The lowest BCUT2D eigenvalue weighted by atomic mass is 10.1. The first-order valence-electron chi connectivity index (χ1n) is 5.14. The number of nitriles is 1. The van der Waals surface area contributed by atoms with E-state index in [1.54, 1.807) is 19.1 Å². The number of aromatic nitrogens is 1. The van der Waals surface area contributed by atoms with Crippen LogP contribution in [0.2, 0.25) is 0 Å². The molecule has 86 valence electrons. The van der Waals surface area contributed by atoms with Crippen molar-refractivity contribution in [3.8, 4) is 6.07 Å². The third-order valence-corrected chi connectivity index (χ3v) is 2.12. The summed E-state index contributed by atoms with van der Waals surface area (Å²) in [6.07, 6.45) is 0.250. The number of nitrogens with two attached hydrogens (primary N) is 1. The van der Waals surface area contributed by atoms with Crippen LogP contribution in [0, 0.1) is 11.3 Å². The zero-order chi connectivity index (χ0) is 12.1. The summed E-state index contributed by atoms with van der Waals surface area (Å²) in [5, 5.41) is 21.1. The molecule has 0 aliphatic rings. The molecule has 4 N–H and O–H groups in total. The molecule has 2 unspecified atom stereocenters. The highest BCUT2D eigenvalue weighted by Crippen LogP contribution is 2.13. The quantitative estimate of drug-likeness (QED) is 0.706. The Bertz CT molecular complexity index is 397. The van der Waals surface area contributed by atoms with Crippen molar-refractivity contribution >= 4 is 11.5 Å². The van der Waals surface area contributed by atoms with Gasteiger partial charge in [-0.2, -0.15) is 5.26 Å². The highest BCUT2D eigenvalue weighted by molar-refractivity contribution is 5.54. The zero-order valence-corrected chi connectivity index (χ0v) is 9.44. The minimum atomic E-state index is -0.369. The summed E-state index contributed by atoms with van der Waals surface area (Å²) in [5.41, 5.74) is 6.15. The molecule has 5 heteroatoms. The van der Waals surface area contributed by atoms with Crippen LogP contribution in [0.15, 0.2) is 12.1 Å². The summed E-state index contributed by atoms with van der Waals surface area (Å²) < 4.78 is 0. The number of rotatable bonds is 4. The third kappa shape index (κ3) is 3.41. The van der Waals surface area contributed by atoms with Crippen LogP contribution in [0.4, 0.5) is 11.5 Å². The second-order valence-corrected chi connectivity index (χ2v) is 3.88. The normalized spacial score (nSPS) is 13.9. The standard InChI is InChI=1S/C11H16N4O/c1-7(5-8(2)16)14-11-4-3-9(13)10(6-12)15-11/h3-4,7-8,16H,5,13H2,1-2H3,(H,14,15). The summed E-state index contributed by atoms with van der Waals surface area (Å²) in [7, 11) is 0. The smallest absolute Gasteiger partial charge is 0.165 e. The highest BCUT2D eigenvalue weighted by Gasteiger charge is 2.08. The van der Waals surface area contributed by atoms with E-state index in [-0.39, 0.29) is 17.8 Å². The van der Waals surface area contributed by atoms with Crippen molar-refractivity contribution in [2.45, 2.75) is 32.4 Å². The van der Waals surface area contributed by atoms with Gasteiger partial charge in [-0.3, -0.25) is 0 Å². The van der Waals surface area contributed by atoms with E-state index >= 15 is 0 Å². The first-order valence-corrected chi connectivity index (χ1v) is 5.14. The highest BCUT2D eigenvalue weighted by atomic mass is 16.3. The molecule has 0 fully saturated rings. The zero-order valence-electron chi connectivity index (χ0n) is 9.44. The molecule has 0 radical (unpaired) electrons. The van der Waals surface area contributed by atoms with Gasteiger partial charge >= 0.3 is 0 Å². The van der Waals surface area contributed by atoms with Gasteiger partial charge in [-0.1, -0.05) is 0 Å². The summed E-state index contributed by atoms with van der Waals surface area (Å²) in [5.74, 6) is 0.596. The van der Waals surface area contributed by atoms with Gasteiger partial charge in [0.15, 0.2) is 5.69 Å². The van der Waals surface area contributed by atoms with E-state index in [1.165, 1.54) is 0 Å². The number of hydrogen-bond acceptors (Lipinski definition) is 5. The van der Waals surface area contributed by atoms with Gasteiger partial charge in [0.1, 0.15) is 11.9 Å². The first kappa shape index (κ1) is 12.3. The van der Waals surface area contributed by atoms with Crippen molar-refractivity contribution in [3.63, 3.8) is 0 Å². The van der Waals surface area contributed by atoms with Crippen LogP contribution >= 0.6 is 0 Å². The van der Waals surface area contributed by atoms with Crippen LogP contribution in [0.5, 0.6) is 0 Å². The average molecular weight is 220 g/mol. The molecule has 1 heterocycles. The fourth-order valence-electron chi connectivity index (χ4n) is 1.46. The van der Waals surface area contributed by atoms with Crippen LogP contribution in [0.1, 0.15) is 26.0 Å². The third-order valence-electron chi connectivity index (χ3n) is 2.12. The minimum Gasteiger partial charge on any atom is -0.396 e. The van der Waals surface area contributed by atoms with Crippen LogP contribution < -0.4 is 11.1 Å². The van der Waals surface area contributed by atoms with Crippen molar-refractivity contribution in [2.75, 3.05) is 11.1 Å². The summed E-state index contributed by atoms with van der Waals surface area (Å²) in [6.45, 7) is 3.67. The Balaban J connectivity index is 2.71. The van der Waals surface area contributed by atoms with Crippen molar-refractivity contribution in [1.82, 2.24) is 4.98 Å². The maximum atomic E-state index is 9.21. The Labute approximate surface area is 94.9 Å². The summed E-state index contributed by atoms with van der Waals surface area (Å²) >= 11 is 0. The molecule has 1 aromatic rings. The predicted octanol–water partition coefficient (Wildman–Crippen LogP) is 1.11. The van der Waals surface area contributed by atoms with Gasteiger partial charge in [0.25, 0.3) is 0 Å². The minimum absolute atomic E-state index is 0.0858. The number of aliphatic hydroxyl groups is 1. The van der Waals surface area contributed by atoms with Crippen molar-refractivity contribution in [3.05, 3.63) is 17.8 Å². The van der Waals surface area contributed by atoms with Crippen molar-refractivity contribution in [1.29, 1.82) is 5.26 Å². The molecule has 0 aliphatic carbocycles. The lowest BCUT2D eigenvalue weighted by molar-refractivity contribution is 0.179. The molecule has 2 atom stereocenters. The SMILES string of the molecule is CC(O)CC(C)Nc1ccc(N)c(C#N)n1. The van der Waals surface area contributed by atoms with Crippen LogP contribution in [0.3, 0.4) is 0 Å². The second-order valence-electron chi connectivity index (χ2n) is 3.88. The Hall–Kier alpha value is -1.80. The molecule has 0 amide bonds. The molecule has 0 bridgehead atoms. The van der Waals surface area contributed by atoms with E-state index < -0.39 is 0 Å². The number of nitrogens with zero attached hydrogens (tertiary/aromatic N) is 2. The van der Waals surface area contributed by atoms with Gasteiger partial charge in [-0.25, -0.2) is 4.98 Å². The molecular weight excluding hydrogens is 204 g/mol. The molecular formula is C11H16N4O. The van der Waals surface area contributed by atoms with Crippen molar-refractivity contribution in [2.24, 2.45) is 0 Å². The average Bonchev–Trinajstić information content (AvgIpc) is 2.19. The van der Waals surface area contributed by atoms with Crippen LogP contribution in [-0.2, 0) is 0 Å². The molecule has 0 spiro atoms. The Morgan fingerprint density at radius 1 is 1.56 bits per heavy atom. The fraction of sp³-hybridized carbons (Fsp3) is 0.455. The molecule has 16 heavy (non-hydrogen) atoms. The van der Waals surface area contributed by atoms with E-state index in [4.69, 9.17) is 11.0 Å². The van der Waals surface area contributed by atoms with E-state index in [0.717, 1.165) is 0 Å². The van der Waals surface area contributed by atoms with Gasteiger partial charge in [0.05, 0.1) is 11.8 Å².